The van der Waals surface area contributed by atoms with Crippen LogP contribution in [-0.4, -0.2) is 73.8 Å². The third kappa shape index (κ3) is 9.24. The number of halogens is 1. The Balaban J connectivity index is 0.00000341. The number of piperidine rings is 1. The van der Waals surface area contributed by atoms with Crippen molar-refractivity contribution in [3.05, 3.63) is 35.4 Å². The van der Waals surface area contributed by atoms with Gasteiger partial charge in [-0.15, -0.1) is 24.0 Å². The SMILES string of the molecule is CCCN1CCC(NC(=NCc2cccc(CN3CCOC(C)C3)c2)NCC)CC1.I. The van der Waals surface area contributed by atoms with Crippen molar-refractivity contribution >= 4 is 29.9 Å². The summed E-state index contributed by atoms with van der Waals surface area (Å²) in [4.78, 5) is 9.93. The number of hydrogen-bond donors (Lipinski definition) is 2. The number of guanidine groups is 1. The van der Waals surface area contributed by atoms with E-state index in [0.29, 0.717) is 18.7 Å². The first-order chi connectivity index (χ1) is 14.7. The van der Waals surface area contributed by atoms with Gasteiger partial charge < -0.3 is 20.3 Å². The molecule has 2 heterocycles. The van der Waals surface area contributed by atoms with Crippen LogP contribution in [0.3, 0.4) is 0 Å². The summed E-state index contributed by atoms with van der Waals surface area (Å²) < 4.78 is 5.66. The quantitative estimate of drug-likeness (QED) is 0.299. The van der Waals surface area contributed by atoms with E-state index in [1.54, 1.807) is 0 Å². The summed E-state index contributed by atoms with van der Waals surface area (Å²) in [5.41, 5.74) is 2.63. The van der Waals surface area contributed by atoms with Crippen LogP contribution < -0.4 is 10.6 Å². The van der Waals surface area contributed by atoms with Crippen LogP contribution in [-0.2, 0) is 17.8 Å². The monoisotopic (exact) mass is 543 g/mol. The summed E-state index contributed by atoms with van der Waals surface area (Å²) in [6.07, 6.45) is 3.95. The van der Waals surface area contributed by atoms with Crippen molar-refractivity contribution in [2.75, 3.05) is 45.9 Å². The lowest BCUT2D eigenvalue weighted by Gasteiger charge is -2.32. The Labute approximate surface area is 206 Å². The number of rotatable bonds is 8. The van der Waals surface area contributed by atoms with Crippen molar-refractivity contribution in [1.82, 2.24) is 20.4 Å². The van der Waals surface area contributed by atoms with Crippen molar-refractivity contribution in [1.29, 1.82) is 0 Å². The number of hydrogen-bond acceptors (Lipinski definition) is 4. The average Bonchev–Trinajstić information content (AvgIpc) is 2.74. The third-order valence-corrected chi connectivity index (χ3v) is 5.95. The van der Waals surface area contributed by atoms with E-state index in [-0.39, 0.29) is 24.0 Å². The third-order valence-electron chi connectivity index (χ3n) is 5.95. The van der Waals surface area contributed by atoms with Crippen LogP contribution in [0.2, 0.25) is 0 Å². The molecule has 176 valence electrons. The van der Waals surface area contributed by atoms with Gasteiger partial charge in [0.1, 0.15) is 0 Å². The Hall–Kier alpha value is -0.900. The highest BCUT2D eigenvalue weighted by Gasteiger charge is 2.19. The molecule has 7 heteroatoms. The molecule has 0 bridgehead atoms. The molecule has 31 heavy (non-hydrogen) atoms. The largest absolute Gasteiger partial charge is 0.376 e. The van der Waals surface area contributed by atoms with Gasteiger partial charge in [0.15, 0.2) is 5.96 Å². The van der Waals surface area contributed by atoms with E-state index in [1.807, 2.05) is 0 Å². The fourth-order valence-electron chi connectivity index (χ4n) is 4.42. The number of aliphatic imine (C=N–C) groups is 1. The van der Waals surface area contributed by atoms with Gasteiger partial charge >= 0.3 is 0 Å². The van der Waals surface area contributed by atoms with Crippen LogP contribution in [0.25, 0.3) is 0 Å². The smallest absolute Gasteiger partial charge is 0.191 e. The Morgan fingerprint density at radius 3 is 2.61 bits per heavy atom. The fourth-order valence-corrected chi connectivity index (χ4v) is 4.42. The molecule has 0 aliphatic carbocycles. The Morgan fingerprint density at radius 1 is 1.13 bits per heavy atom. The van der Waals surface area contributed by atoms with E-state index in [9.17, 15) is 0 Å². The molecule has 2 N–H and O–H groups in total. The normalized spacial score (nSPS) is 21.5. The van der Waals surface area contributed by atoms with Gasteiger partial charge in [0.25, 0.3) is 0 Å². The average molecular weight is 544 g/mol. The van der Waals surface area contributed by atoms with Gasteiger partial charge in [0, 0.05) is 45.3 Å². The topological polar surface area (TPSA) is 52.1 Å². The predicted octanol–water partition coefficient (Wildman–Crippen LogP) is 3.45. The van der Waals surface area contributed by atoms with Crippen LogP contribution in [0.15, 0.2) is 29.3 Å². The lowest BCUT2D eigenvalue weighted by atomic mass is 10.1. The Morgan fingerprint density at radius 2 is 1.90 bits per heavy atom. The van der Waals surface area contributed by atoms with Crippen LogP contribution in [0.1, 0.15) is 51.2 Å². The summed E-state index contributed by atoms with van der Waals surface area (Å²) in [7, 11) is 0. The highest BCUT2D eigenvalue weighted by molar-refractivity contribution is 14.0. The summed E-state index contributed by atoms with van der Waals surface area (Å²) >= 11 is 0. The summed E-state index contributed by atoms with van der Waals surface area (Å²) in [6, 6.07) is 9.39. The molecule has 1 aromatic rings. The first kappa shape index (κ1) is 26.4. The first-order valence-corrected chi connectivity index (χ1v) is 11.8. The molecule has 0 radical (unpaired) electrons. The second-order valence-corrected chi connectivity index (χ2v) is 8.69. The number of morpholine rings is 1. The fraction of sp³-hybridized carbons (Fsp3) is 0.708. The molecule has 0 amide bonds. The molecule has 0 saturated carbocycles. The molecule has 2 fully saturated rings. The van der Waals surface area contributed by atoms with Crippen molar-refractivity contribution in [3.8, 4) is 0 Å². The second kappa shape index (κ2) is 14.3. The van der Waals surface area contributed by atoms with E-state index < -0.39 is 0 Å². The van der Waals surface area contributed by atoms with Crippen molar-refractivity contribution in [2.45, 2.75) is 65.3 Å². The summed E-state index contributed by atoms with van der Waals surface area (Å²) in [5.74, 6) is 0.943. The first-order valence-electron chi connectivity index (χ1n) is 11.8. The van der Waals surface area contributed by atoms with Crippen LogP contribution in [0.5, 0.6) is 0 Å². The molecular weight excluding hydrogens is 501 g/mol. The molecular formula is C24H42IN5O. The van der Waals surface area contributed by atoms with Crippen molar-refractivity contribution in [2.24, 2.45) is 4.99 Å². The van der Waals surface area contributed by atoms with Gasteiger partial charge in [-0.1, -0.05) is 31.2 Å². The van der Waals surface area contributed by atoms with E-state index in [0.717, 1.165) is 38.7 Å². The minimum Gasteiger partial charge on any atom is -0.376 e. The number of nitrogens with zero attached hydrogens (tertiary/aromatic N) is 3. The van der Waals surface area contributed by atoms with Crippen LogP contribution in [0, 0.1) is 0 Å². The Bertz CT molecular complexity index is 663. The zero-order chi connectivity index (χ0) is 21.2. The van der Waals surface area contributed by atoms with E-state index in [4.69, 9.17) is 9.73 Å². The van der Waals surface area contributed by atoms with Gasteiger partial charge in [-0.05, 0) is 50.8 Å². The van der Waals surface area contributed by atoms with E-state index in [1.165, 1.54) is 50.0 Å². The van der Waals surface area contributed by atoms with Gasteiger partial charge in [0.05, 0.1) is 19.3 Å². The predicted molar refractivity (Wildman–Crippen MR) is 140 cm³/mol. The highest BCUT2D eigenvalue weighted by atomic mass is 127. The molecule has 2 saturated heterocycles. The zero-order valence-electron chi connectivity index (χ0n) is 19.6. The maximum absolute atomic E-state index is 5.66. The highest BCUT2D eigenvalue weighted by Crippen LogP contribution is 2.13. The van der Waals surface area contributed by atoms with Crippen molar-refractivity contribution < 1.29 is 4.74 Å². The van der Waals surface area contributed by atoms with Gasteiger partial charge in [-0.2, -0.15) is 0 Å². The van der Waals surface area contributed by atoms with Crippen LogP contribution >= 0.6 is 24.0 Å². The number of likely N-dealkylation sites (tertiary alicyclic amines) is 1. The molecule has 2 aliphatic heterocycles. The molecule has 1 aromatic carbocycles. The lowest BCUT2D eigenvalue weighted by Crippen LogP contribution is -2.48. The second-order valence-electron chi connectivity index (χ2n) is 8.69. The molecule has 1 unspecified atom stereocenters. The zero-order valence-corrected chi connectivity index (χ0v) is 21.9. The molecule has 0 spiro atoms. The maximum Gasteiger partial charge on any atom is 0.191 e. The minimum atomic E-state index is 0. The molecule has 6 nitrogen and oxygen atoms in total. The molecule has 0 aromatic heterocycles. The van der Waals surface area contributed by atoms with Gasteiger partial charge in [-0.25, -0.2) is 4.99 Å². The molecule has 3 rings (SSSR count). The number of benzene rings is 1. The minimum absolute atomic E-state index is 0. The molecule has 1 atom stereocenters. The van der Waals surface area contributed by atoms with E-state index >= 15 is 0 Å². The number of nitrogens with one attached hydrogen (secondary N) is 2. The number of ether oxygens (including phenoxy) is 1. The lowest BCUT2D eigenvalue weighted by molar-refractivity contribution is -0.0212. The van der Waals surface area contributed by atoms with Crippen molar-refractivity contribution in [3.63, 3.8) is 0 Å². The summed E-state index contributed by atoms with van der Waals surface area (Å²) in [5, 5.41) is 7.09. The van der Waals surface area contributed by atoms with Gasteiger partial charge in [0.2, 0.25) is 0 Å². The van der Waals surface area contributed by atoms with Crippen LogP contribution in [0.4, 0.5) is 0 Å². The van der Waals surface area contributed by atoms with E-state index in [2.05, 4.69) is 65.5 Å². The Kier molecular flexibility index (Phi) is 12.1. The summed E-state index contributed by atoms with van der Waals surface area (Å²) in [6.45, 7) is 15.6. The molecule has 2 aliphatic rings. The van der Waals surface area contributed by atoms with Gasteiger partial charge in [-0.3, -0.25) is 4.90 Å². The maximum atomic E-state index is 5.66. The standard InChI is InChI=1S/C24H41N5O.HI/c1-4-11-28-12-9-23(10-13-28)27-24(25-5-2)26-17-21-7-6-8-22(16-21)19-29-14-15-30-20(3)18-29;/h6-8,16,20,23H,4-5,9-15,17-19H2,1-3H3,(H2,25,26,27);1H.